The van der Waals surface area contributed by atoms with Gasteiger partial charge in [-0.2, -0.15) is 0 Å². The van der Waals surface area contributed by atoms with E-state index < -0.39 is 17.5 Å². The van der Waals surface area contributed by atoms with Crippen LogP contribution in [0.1, 0.15) is 6.92 Å². The van der Waals surface area contributed by atoms with E-state index in [-0.39, 0.29) is 5.69 Å². The van der Waals surface area contributed by atoms with Crippen LogP contribution in [0.25, 0.3) is 0 Å². The standard InChI is InChI=1S/C12H11F2NO/c1-2-3-4-5-12(16)15-11-7-9(13)6-10(14)8-11/h2-8H,1H3,(H,15,16). The van der Waals surface area contributed by atoms with Crippen LogP contribution in [0.5, 0.6) is 0 Å². The molecule has 0 radical (unpaired) electrons. The van der Waals surface area contributed by atoms with Crippen LogP contribution in [-0.2, 0) is 4.79 Å². The van der Waals surface area contributed by atoms with Crippen molar-refractivity contribution >= 4 is 11.6 Å². The number of carbonyl (C=O) groups excluding carboxylic acids is 1. The first-order chi connectivity index (χ1) is 7.61. The number of carbonyl (C=O) groups is 1. The van der Waals surface area contributed by atoms with E-state index in [1.54, 1.807) is 12.2 Å². The maximum Gasteiger partial charge on any atom is 0.248 e. The first-order valence-electron chi connectivity index (χ1n) is 4.68. The molecule has 1 aromatic carbocycles. The summed E-state index contributed by atoms with van der Waals surface area (Å²) in [7, 11) is 0. The fourth-order valence-corrected chi connectivity index (χ4v) is 1.06. The summed E-state index contributed by atoms with van der Waals surface area (Å²) in [6.07, 6.45) is 6.23. The Hall–Kier alpha value is -1.97. The van der Waals surface area contributed by atoms with Gasteiger partial charge >= 0.3 is 0 Å². The van der Waals surface area contributed by atoms with Crippen LogP contribution in [0.3, 0.4) is 0 Å². The molecule has 0 aromatic heterocycles. The summed E-state index contributed by atoms with van der Waals surface area (Å²) in [6, 6.07) is 2.83. The molecule has 0 aliphatic rings. The van der Waals surface area contributed by atoms with E-state index in [4.69, 9.17) is 0 Å². The zero-order valence-electron chi connectivity index (χ0n) is 8.71. The van der Waals surface area contributed by atoms with Gasteiger partial charge in [-0.25, -0.2) is 8.78 Å². The summed E-state index contributed by atoms with van der Waals surface area (Å²) < 4.78 is 25.5. The van der Waals surface area contributed by atoms with Crippen LogP contribution >= 0.6 is 0 Å². The molecule has 84 valence electrons. The lowest BCUT2D eigenvalue weighted by molar-refractivity contribution is -0.111. The summed E-state index contributed by atoms with van der Waals surface area (Å²) in [5.41, 5.74) is 0.0904. The third-order valence-corrected chi connectivity index (χ3v) is 1.68. The molecule has 0 spiro atoms. The predicted octanol–water partition coefficient (Wildman–Crippen LogP) is 3.04. The summed E-state index contributed by atoms with van der Waals surface area (Å²) in [5, 5.41) is 2.34. The fraction of sp³-hybridized carbons (Fsp3) is 0.0833. The number of benzene rings is 1. The molecule has 0 fully saturated rings. The van der Waals surface area contributed by atoms with E-state index >= 15 is 0 Å². The van der Waals surface area contributed by atoms with Gasteiger partial charge in [0.1, 0.15) is 11.6 Å². The van der Waals surface area contributed by atoms with Crippen LogP contribution < -0.4 is 5.32 Å². The highest BCUT2D eigenvalue weighted by molar-refractivity contribution is 5.99. The lowest BCUT2D eigenvalue weighted by atomic mass is 10.3. The number of halogens is 2. The molecule has 1 aromatic rings. The Labute approximate surface area is 92.3 Å². The second-order valence-electron chi connectivity index (χ2n) is 3.03. The minimum atomic E-state index is -0.729. The zero-order valence-corrected chi connectivity index (χ0v) is 8.71. The second-order valence-corrected chi connectivity index (χ2v) is 3.03. The Morgan fingerprint density at radius 2 is 1.81 bits per heavy atom. The van der Waals surface area contributed by atoms with Crippen molar-refractivity contribution in [3.8, 4) is 0 Å². The van der Waals surface area contributed by atoms with E-state index in [2.05, 4.69) is 5.32 Å². The molecule has 0 aliphatic carbocycles. The summed E-state index contributed by atoms with van der Waals surface area (Å²) in [4.78, 5) is 11.2. The molecule has 16 heavy (non-hydrogen) atoms. The summed E-state index contributed by atoms with van der Waals surface area (Å²) >= 11 is 0. The molecule has 1 amide bonds. The number of rotatable bonds is 3. The Morgan fingerprint density at radius 1 is 1.19 bits per heavy atom. The molecule has 0 atom stereocenters. The van der Waals surface area contributed by atoms with E-state index in [1.165, 1.54) is 12.2 Å². The zero-order chi connectivity index (χ0) is 12.0. The highest BCUT2D eigenvalue weighted by Crippen LogP contribution is 2.12. The molecule has 0 saturated carbocycles. The second kappa shape index (κ2) is 5.80. The first kappa shape index (κ1) is 12.1. The lowest BCUT2D eigenvalue weighted by Crippen LogP contribution is -2.08. The van der Waals surface area contributed by atoms with Gasteiger partial charge in [-0.3, -0.25) is 4.79 Å². The average molecular weight is 223 g/mol. The van der Waals surface area contributed by atoms with E-state index in [9.17, 15) is 13.6 Å². The molecule has 1 N–H and O–H groups in total. The molecule has 0 unspecified atom stereocenters. The Bertz CT molecular complexity index is 418. The quantitative estimate of drug-likeness (QED) is 0.619. The Balaban J connectivity index is 2.69. The third-order valence-electron chi connectivity index (χ3n) is 1.68. The van der Waals surface area contributed by atoms with Gasteiger partial charge in [0.2, 0.25) is 5.91 Å². The maximum atomic E-state index is 12.8. The van der Waals surface area contributed by atoms with Crippen molar-refractivity contribution in [2.24, 2.45) is 0 Å². The number of nitrogens with one attached hydrogen (secondary N) is 1. The van der Waals surface area contributed by atoms with Crippen molar-refractivity contribution in [1.29, 1.82) is 0 Å². The molecule has 1 rings (SSSR count). The fourth-order valence-electron chi connectivity index (χ4n) is 1.06. The van der Waals surface area contributed by atoms with Gasteiger partial charge in [0.25, 0.3) is 0 Å². The highest BCUT2D eigenvalue weighted by atomic mass is 19.1. The maximum absolute atomic E-state index is 12.8. The van der Waals surface area contributed by atoms with E-state index in [0.29, 0.717) is 0 Å². The summed E-state index contributed by atoms with van der Waals surface area (Å²) in [6.45, 7) is 1.81. The van der Waals surface area contributed by atoms with Gasteiger partial charge < -0.3 is 5.32 Å². The highest BCUT2D eigenvalue weighted by Gasteiger charge is 2.02. The van der Waals surface area contributed by atoms with Crippen LogP contribution in [0.15, 0.2) is 42.5 Å². The molecule has 0 heterocycles. The predicted molar refractivity (Wildman–Crippen MR) is 58.9 cm³/mol. The van der Waals surface area contributed by atoms with Gasteiger partial charge in [-0.1, -0.05) is 18.2 Å². The number of hydrogen-bond donors (Lipinski definition) is 1. The number of anilines is 1. The normalized spacial score (nSPS) is 11.2. The van der Waals surface area contributed by atoms with Gasteiger partial charge in [0.15, 0.2) is 0 Å². The van der Waals surface area contributed by atoms with Gasteiger partial charge in [-0.05, 0) is 19.1 Å². The van der Waals surface area contributed by atoms with E-state index in [0.717, 1.165) is 18.2 Å². The summed E-state index contributed by atoms with van der Waals surface area (Å²) in [5.74, 6) is -1.90. The van der Waals surface area contributed by atoms with Crippen LogP contribution in [-0.4, -0.2) is 5.91 Å². The largest absolute Gasteiger partial charge is 0.322 e. The van der Waals surface area contributed by atoms with Crippen molar-refractivity contribution in [2.45, 2.75) is 6.92 Å². The van der Waals surface area contributed by atoms with Crippen molar-refractivity contribution in [2.75, 3.05) is 5.32 Å². The smallest absolute Gasteiger partial charge is 0.248 e. The van der Waals surface area contributed by atoms with Crippen molar-refractivity contribution in [3.05, 3.63) is 54.1 Å². The molecule has 4 heteroatoms. The van der Waals surface area contributed by atoms with Crippen molar-refractivity contribution < 1.29 is 13.6 Å². The van der Waals surface area contributed by atoms with Crippen LogP contribution in [0.2, 0.25) is 0 Å². The van der Waals surface area contributed by atoms with Gasteiger partial charge in [-0.15, -0.1) is 0 Å². The average Bonchev–Trinajstić information content (AvgIpc) is 2.16. The topological polar surface area (TPSA) is 29.1 Å². The monoisotopic (exact) mass is 223 g/mol. The van der Waals surface area contributed by atoms with Crippen LogP contribution in [0.4, 0.5) is 14.5 Å². The first-order valence-corrected chi connectivity index (χ1v) is 4.68. The van der Waals surface area contributed by atoms with Crippen molar-refractivity contribution in [3.63, 3.8) is 0 Å². The number of amides is 1. The molecular formula is C12H11F2NO. The Morgan fingerprint density at radius 3 is 2.38 bits per heavy atom. The van der Waals surface area contributed by atoms with Gasteiger partial charge in [0.05, 0.1) is 0 Å². The molecular weight excluding hydrogens is 212 g/mol. The minimum absolute atomic E-state index is 0.0904. The SMILES string of the molecule is CC=CC=CC(=O)Nc1cc(F)cc(F)c1. The van der Waals surface area contributed by atoms with E-state index in [1.807, 2.05) is 6.92 Å². The van der Waals surface area contributed by atoms with Crippen LogP contribution in [0, 0.1) is 11.6 Å². The van der Waals surface area contributed by atoms with Gasteiger partial charge in [0, 0.05) is 17.8 Å². The molecule has 2 nitrogen and oxygen atoms in total. The molecule has 0 aliphatic heterocycles. The number of allylic oxidation sites excluding steroid dienone is 3. The van der Waals surface area contributed by atoms with Crippen molar-refractivity contribution in [1.82, 2.24) is 0 Å². The molecule has 0 saturated heterocycles. The molecule has 0 bridgehead atoms. The minimum Gasteiger partial charge on any atom is -0.322 e. The number of hydrogen-bond acceptors (Lipinski definition) is 1. The Kier molecular flexibility index (Phi) is 4.39. The third kappa shape index (κ3) is 4.04. The lowest BCUT2D eigenvalue weighted by Gasteiger charge is -2.01.